The van der Waals surface area contributed by atoms with Crippen LogP contribution in [0.1, 0.15) is 12.8 Å². The van der Waals surface area contributed by atoms with Gasteiger partial charge in [0.15, 0.2) is 0 Å². The van der Waals surface area contributed by atoms with Crippen molar-refractivity contribution < 1.29 is 5.11 Å². The van der Waals surface area contributed by atoms with Gasteiger partial charge in [-0.15, -0.1) is 0 Å². The second-order valence-electron chi connectivity index (χ2n) is 3.42. The first-order valence-electron chi connectivity index (χ1n) is 4.66. The molecule has 0 spiro atoms. The summed E-state index contributed by atoms with van der Waals surface area (Å²) in [5.74, 6) is 0.696. The van der Waals surface area contributed by atoms with E-state index >= 15 is 0 Å². The van der Waals surface area contributed by atoms with Gasteiger partial charge in [0.1, 0.15) is 0 Å². The van der Waals surface area contributed by atoms with Crippen molar-refractivity contribution in [1.29, 1.82) is 0 Å². The van der Waals surface area contributed by atoms with Gasteiger partial charge in [-0.2, -0.15) is 0 Å². The molecular weight excluding hydrogens is 202 g/mol. The van der Waals surface area contributed by atoms with E-state index in [1.165, 1.54) is 0 Å². The lowest BCUT2D eigenvalue weighted by Gasteiger charge is -2.29. The molecule has 76 valence electrons. The molecule has 0 amide bonds. The lowest BCUT2D eigenvalue weighted by atomic mass is 10.1. The highest BCUT2D eigenvalue weighted by atomic mass is 35.5. The van der Waals surface area contributed by atoms with Crippen LogP contribution in [0.25, 0.3) is 0 Å². The fraction of sp³-hybridized carbons (Fsp3) is 0.556. The molecule has 1 N–H and O–H groups in total. The van der Waals surface area contributed by atoms with E-state index in [0.29, 0.717) is 11.0 Å². The number of aliphatic hydroxyl groups excluding tert-OH is 1. The van der Waals surface area contributed by atoms with Crippen molar-refractivity contribution in [2.45, 2.75) is 18.9 Å². The van der Waals surface area contributed by atoms with Crippen LogP contribution in [-0.4, -0.2) is 34.3 Å². The molecule has 4 nitrogen and oxygen atoms in total. The molecule has 14 heavy (non-hydrogen) atoms. The van der Waals surface area contributed by atoms with Gasteiger partial charge < -0.3 is 10.0 Å². The monoisotopic (exact) mass is 213 g/mol. The fourth-order valence-electron chi connectivity index (χ4n) is 1.53. The van der Waals surface area contributed by atoms with Crippen molar-refractivity contribution in [2.24, 2.45) is 0 Å². The summed E-state index contributed by atoms with van der Waals surface area (Å²) in [6.07, 6.45) is 4.58. The van der Waals surface area contributed by atoms with Gasteiger partial charge in [0.25, 0.3) is 0 Å². The van der Waals surface area contributed by atoms with E-state index in [1.807, 2.05) is 0 Å². The molecule has 1 saturated heterocycles. The first kappa shape index (κ1) is 9.68. The molecule has 2 rings (SSSR count). The molecule has 0 unspecified atom stereocenters. The predicted octanol–water partition coefficient (Wildman–Crippen LogP) is 1.09. The zero-order valence-corrected chi connectivity index (χ0v) is 8.48. The molecule has 0 aromatic carbocycles. The Hall–Kier alpha value is -0.870. The van der Waals surface area contributed by atoms with Gasteiger partial charge in [-0.1, -0.05) is 11.6 Å². The summed E-state index contributed by atoms with van der Waals surface area (Å²) in [6.45, 7) is 1.62. The fourth-order valence-corrected chi connectivity index (χ4v) is 1.63. The van der Waals surface area contributed by atoms with Gasteiger partial charge in [-0.05, 0) is 12.8 Å². The summed E-state index contributed by atoms with van der Waals surface area (Å²) >= 11 is 5.69. The molecule has 0 saturated carbocycles. The number of anilines is 1. The highest BCUT2D eigenvalue weighted by Gasteiger charge is 2.18. The van der Waals surface area contributed by atoms with Crippen LogP contribution in [0.2, 0.25) is 5.02 Å². The summed E-state index contributed by atoms with van der Waals surface area (Å²) in [7, 11) is 0. The first-order valence-corrected chi connectivity index (χ1v) is 5.04. The standard InChI is InChI=1S/C9H12ClN3O/c10-7-5-11-9(12-6-7)13-3-1-8(14)2-4-13/h5-6,8,14H,1-4H2. The minimum absolute atomic E-state index is 0.168. The van der Waals surface area contributed by atoms with Crippen molar-refractivity contribution in [3.8, 4) is 0 Å². The van der Waals surface area contributed by atoms with Crippen LogP contribution in [-0.2, 0) is 0 Å². The van der Waals surface area contributed by atoms with Crippen molar-refractivity contribution >= 4 is 17.5 Å². The summed E-state index contributed by atoms with van der Waals surface area (Å²) in [6, 6.07) is 0. The van der Waals surface area contributed by atoms with Crippen LogP contribution < -0.4 is 4.90 Å². The van der Waals surface area contributed by atoms with Crippen LogP contribution in [0.4, 0.5) is 5.95 Å². The average molecular weight is 214 g/mol. The van der Waals surface area contributed by atoms with E-state index in [1.54, 1.807) is 12.4 Å². The van der Waals surface area contributed by atoms with Crippen LogP contribution in [0, 0.1) is 0 Å². The molecule has 0 aliphatic carbocycles. The Morgan fingerprint density at radius 3 is 2.43 bits per heavy atom. The van der Waals surface area contributed by atoms with Gasteiger partial charge in [0, 0.05) is 13.1 Å². The highest BCUT2D eigenvalue weighted by molar-refractivity contribution is 6.30. The van der Waals surface area contributed by atoms with E-state index < -0.39 is 0 Å². The quantitative estimate of drug-likeness (QED) is 0.759. The van der Waals surface area contributed by atoms with Gasteiger partial charge in [-0.25, -0.2) is 9.97 Å². The summed E-state index contributed by atoms with van der Waals surface area (Å²) in [4.78, 5) is 10.3. The van der Waals surface area contributed by atoms with Gasteiger partial charge in [0.2, 0.25) is 5.95 Å². The molecule has 0 bridgehead atoms. The minimum atomic E-state index is -0.168. The number of hydrogen-bond acceptors (Lipinski definition) is 4. The Bertz CT molecular complexity index is 295. The second-order valence-corrected chi connectivity index (χ2v) is 3.86. The lowest BCUT2D eigenvalue weighted by molar-refractivity contribution is 0.145. The van der Waals surface area contributed by atoms with Crippen molar-refractivity contribution in [1.82, 2.24) is 9.97 Å². The molecule has 1 aliphatic heterocycles. The maximum Gasteiger partial charge on any atom is 0.225 e. The number of aromatic nitrogens is 2. The number of piperidine rings is 1. The molecule has 0 atom stereocenters. The van der Waals surface area contributed by atoms with Gasteiger partial charge in [0.05, 0.1) is 23.5 Å². The molecular formula is C9H12ClN3O. The van der Waals surface area contributed by atoms with E-state index in [2.05, 4.69) is 14.9 Å². The molecule has 1 fully saturated rings. The number of aliphatic hydroxyl groups is 1. The minimum Gasteiger partial charge on any atom is -0.393 e. The number of halogens is 1. The normalized spacial score (nSPS) is 18.6. The van der Waals surface area contributed by atoms with Crippen molar-refractivity contribution in [3.05, 3.63) is 17.4 Å². The van der Waals surface area contributed by atoms with Crippen LogP contribution in [0.3, 0.4) is 0 Å². The third-order valence-electron chi connectivity index (χ3n) is 2.35. The van der Waals surface area contributed by atoms with E-state index in [-0.39, 0.29) is 6.10 Å². The summed E-state index contributed by atoms with van der Waals surface area (Å²) in [5.41, 5.74) is 0. The Morgan fingerprint density at radius 1 is 1.29 bits per heavy atom. The Morgan fingerprint density at radius 2 is 1.86 bits per heavy atom. The van der Waals surface area contributed by atoms with Gasteiger partial charge in [-0.3, -0.25) is 0 Å². The zero-order valence-electron chi connectivity index (χ0n) is 7.73. The molecule has 1 aliphatic rings. The maximum absolute atomic E-state index is 9.33. The third kappa shape index (κ3) is 2.13. The Labute approximate surface area is 87.5 Å². The molecule has 0 radical (unpaired) electrons. The van der Waals surface area contributed by atoms with Gasteiger partial charge >= 0.3 is 0 Å². The molecule has 1 aromatic rings. The second kappa shape index (κ2) is 4.11. The SMILES string of the molecule is OC1CCN(c2ncc(Cl)cn2)CC1. The van der Waals surface area contributed by atoms with Crippen LogP contribution in [0.5, 0.6) is 0 Å². The van der Waals surface area contributed by atoms with E-state index in [0.717, 1.165) is 25.9 Å². The van der Waals surface area contributed by atoms with Crippen LogP contribution >= 0.6 is 11.6 Å². The molecule has 2 heterocycles. The lowest BCUT2D eigenvalue weighted by Crippen LogP contribution is -2.36. The zero-order chi connectivity index (χ0) is 9.97. The Kier molecular flexibility index (Phi) is 2.84. The van der Waals surface area contributed by atoms with Crippen molar-refractivity contribution in [2.75, 3.05) is 18.0 Å². The molecule has 5 heteroatoms. The van der Waals surface area contributed by atoms with Crippen LogP contribution in [0.15, 0.2) is 12.4 Å². The smallest absolute Gasteiger partial charge is 0.225 e. The predicted molar refractivity (Wildman–Crippen MR) is 54.5 cm³/mol. The topological polar surface area (TPSA) is 49.2 Å². The first-order chi connectivity index (χ1) is 6.75. The summed E-state index contributed by atoms with van der Waals surface area (Å²) in [5, 5.41) is 9.88. The molecule has 1 aromatic heterocycles. The van der Waals surface area contributed by atoms with Crippen molar-refractivity contribution in [3.63, 3.8) is 0 Å². The highest BCUT2D eigenvalue weighted by Crippen LogP contribution is 2.16. The van der Waals surface area contributed by atoms with E-state index in [9.17, 15) is 5.11 Å². The summed E-state index contributed by atoms with van der Waals surface area (Å²) < 4.78 is 0. The number of rotatable bonds is 1. The number of hydrogen-bond donors (Lipinski definition) is 1. The number of nitrogens with zero attached hydrogens (tertiary/aromatic N) is 3. The maximum atomic E-state index is 9.33. The largest absolute Gasteiger partial charge is 0.393 e. The van der Waals surface area contributed by atoms with E-state index in [4.69, 9.17) is 11.6 Å². The third-order valence-corrected chi connectivity index (χ3v) is 2.55. The Balaban J connectivity index is 2.05. The average Bonchev–Trinajstić information content (AvgIpc) is 2.21.